The van der Waals surface area contributed by atoms with Crippen LogP contribution in [0.3, 0.4) is 0 Å². The summed E-state index contributed by atoms with van der Waals surface area (Å²) in [7, 11) is 0. The van der Waals surface area contributed by atoms with Crippen molar-refractivity contribution in [1.82, 2.24) is 25.8 Å². The number of carbonyl (C=O) groups excluding carboxylic acids is 4. The first kappa shape index (κ1) is 19.6. The summed E-state index contributed by atoms with van der Waals surface area (Å²) in [6.45, 7) is 5.57. The highest BCUT2D eigenvalue weighted by molar-refractivity contribution is 6.08. The lowest BCUT2D eigenvalue weighted by Gasteiger charge is -2.33. The van der Waals surface area contributed by atoms with Gasteiger partial charge in [0.15, 0.2) is 0 Å². The maximum atomic E-state index is 12.6. The van der Waals surface area contributed by atoms with Crippen molar-refractivity contribution in [3.05, 3.63) is 0 Å². The second-order valence-electron chi connectivity index (χ2n) is 8.19. The Kier molecular flexibility index (Phi) is 5.69. The van der Waals surface area contributed by atoms with Crippen molar-refractivity contribution in [1.29, 1.82) is 0 Å². The first-order valence-electron chi connectivity index (χ1n) is 9.71. The molecular weight excluding hydrogens is 350 g/mol. The average Bonchev–Trinajstić information content (AvgIpc) is 3.23. The minimum Gasteiger partial charge on any atom is -0.354 e. The first-order valence-corrected chi connectivity index (χ1v) is 9.71. The number of amides is 5. The number of likely N-dealkylation sites (tertiary alicyclic amines) is 1. The molecule has 0 spiro atoms. The molecule has 3 heterocycles. The smallest absolute Gasteiger partial charge is 0.325 e. The van der Waals surface area contributed by atoms with Gasteiger partial charge in [0, 0.05) is 19.6 Å². The second-order valence-corrected chi connectivity index (χ2v) is 8.19. The highest BCUT2D eigenvalue weighted by atomic mass is 16.2. The van der Waals surface area contributed by atoms with Crippen LogP contribution in [0.1, 0.15) is 39.5 Å². The molecular formula is C18H29N5O4. The molecule has 0 aromatic carbocycles. The molecule has 9 heteroatoms. The zero-order valence-corrected chi connectivity index (χ0v) is 16.0. The van der Waals surface area contributed by atoms with Gasteiger partial charge in [0.1, 0.15) is 12.1 Å². The van der Waals surface area contributed by atoms with Crippen molar-refractivity contribution in [2.75, 3.05) is 32.7 Å². The Labute approximate surface area is 159 Å². The summed E-state index contributed by atoms with van der Waals surface area (Å²) in [6, 6.07) is -0.627. The Hall–Kier alpha value is -2.16. The van der Waals surface area contributed by atoms with Crippen LogP contribution in [0.4, 0.5) is 4.79 Å². The monoisotopic (exact) mass is 379 g/mol. The topological polar surface area (TPSA) is 111 Å². The number of hydrogen-bond donors (Lipinski definition) is 3. The number of imide groups is 1. The van der Waals surface area contributed by atoms with Gasteiger partial charge >= 0.3 is 6.03 Å². The highest BCUT2D eigenvalue weighted by Crippen LogP contribution is 2.19. The Bertz CT molecular complexity index is 629. The number of rotatable bonds is 5. The lowest BCUT2D eigenvalue weighted by atomic mass is 9.97. The predicted molar refractivity (Wildman–Crippen MR) is 97.7 cm³/mol. The van der Waals surface area contributed by atoms with Gasteiger partial charge in [-0.3, -0.25) is 19.3 Å². The van der Waals surface area contributed by atoms with E-state index in [1.54, 1.807) is 18.7 Å². The Morgan fingerprint density at radius 2 is 2.00 bits per heavy atom. The minimum atomic E-state index is -0.972. The summed E-state index contributed by atoms with van der Waals surface area (Å²) in [5, 5.41) is 8.74. The predicted octanol–water partition coefficient (Wildman–Crippen LogP) is -0.576. The maximum Gasteiger partial charge on any atom is 0.325 e. The number of carbonyl (C=O) groups is 4. The van der Waals surface area contributed by atoms with Crippen molar-refractivity contribution in [2.45, 2.75) is 51.1 Å². The first-order chi connectivity index (χ1) is 12.8. The summed E-state index contributed by atoms with van der Waals surface area (Å²) in [5.74, 6) is -0.402. The number of piperidine rings is 1. The molecule has 3 saturated heterocycles. The van der Waals surface area contributed by atoms with Gasteiger partial charge < -0.3 is 20.9 Å². The van der Waals surface area contributed by atoms with E-state index in [0.717, 1.165) is 37.1 Å². The van der Waals surface area contributed by atoms with Crippen LogP contribution in [-0.4, -0.2) is 77.9 Å². The van der Waals surface area contributed by atoms with E-state index in [2.05, 4.69) is 16.0 Å². The number of nitrogens with zero attached hydrogens (tertiary/aromatic N) is 2. The van der Waals surface area contributed by atoms with Gasteiger partial charge in [-0.05, 0) is 52.0 Å². The molecule has 0 radical (unpaired) electrons. The van der Waals surface area contributed by atoms with Crippen LogP contribution in [0.25, 0.3) is 0 Å². The van der Waals surface area contributed by atoms with Crippen LogP contribution in [0.5, 0.6) is 0 Å². The van der Waals surface area contributed by atoms with E-state index in [4.69, 9.17) is 0 Å². The number of nitrogens with one attached hydrogen (secondary N) is 3. The molecule has 27 heavy (non-hydrogen) atoms. The summed E-state index contributed by atoms with van der Waals surface area (Å²) >= 11 is 0. The zero-order valence-electron chi connectivity index (χ0n) is 16.0. The van der Waals surface area contributed by atoms with E-state index in [0.29, 0.717) is 19.6 Å². The van der Waals surface area contributed by atoms with Gasteiger partial charge in [-0.1, -0.05) is 0 Å². The van der Waals surface area contributed by atoms with E-state index in [9.17, 15) is 19.2 Å². The molecule has 5 amide bonds. The van der Waals surface area contributed by atoms with Crippen LogP contribution in [0.15, 0.2) is 0 Å². The Balaban J connectivity index is 1.48. The fraction of sp³-hybridized carbons (Fsp3) is 0.778. The van der Waals surface area contributed by atoms with Crippen LogP contribution in [0, 0.1) is 5.92 Å². The van der Waals surface area contributed by atoms with Gasteiger partial charge in [0.05, 0.1) is 6.04 Å². The van der Waals surface area contributed by atoms with Crippen molar-refractivity contribution in [3.63, 3.8) is 0 Å². The summed E-state index contributed by atoms with van der Waals surface area (Å²) < 4.78 is 0. The Morgan fingerprint density at radius 3 is 2.63 bits per heavy atom. The standard InChI is InChI=1S/C18H29N5O4/c1-18(2)16(26)23(17(27)21-18)11-14(24)22-8-4-5-12(10-22)9-20-15(25)13-6-3-7-19-13/h12-13,19H,3-11H2,1-2H3,(H,20,25)(H,21,27). The van der Waals surface area contributed by atoms with Gasteiger partial charge in [-0.15, -0.1) is 0 Å². The van der Waals surface area contributed by atoms with Crippen LogP contribution in [-0.2, 0) is 14.4 Å². The lowest BCUT2D eigenvalue weighted by Crippen LogP contribution is -2.49. The normalized spacial score (nSPS) is 27.6. The molecule has 0 saturated carbocycles. The molecule has 2 atom stereocenters. The zero-order chi connectivity index (χ0) is 19.6. The third kappa shape index (κ3) is 4.40. The SMILES string of the molecule is CC1(C)NC(=O)N(CC(=O)N2CCCC(CNC(=O)C3CCCN3)C2)C1=O. The fourth-order valence-corrected chi connectivity index (χ4v) is 3.93. The third-order valence-electron chi connectivity index (χ3n) is 5.55. The largest absolute Gasteiger partial charge is 0.354 e. The van der Waals surface area contributed by atoms with Gasteiger partial charge in [-0.25, -0.2) is 4.79 Å². The summed E-state index contributed by atoms with van der Waals surface area (Å²) in [5.41, 5.74) is -0.972. The van der Waals surface area contributed by atoms with E-state index < -0.39 is 11.6 Å². The molecule has 3 fully saturated rings. The second kappa shape index (κ2) is 7.84. The summed E-state index contributed by atoms with van der Waals surface area (Å²) in [6.07, 6.45) is 3.67. The molecule has 3 aliphatic rings. The number of urea groups is 1. The molecule has 150 valence electrons. The lowest BCUT2D eigenvalue weighted by molar-refractivity contribution is -0.139. The Morgan fingerprint density at radius 1 is 1.22 bits per heavy atom. The van der Waals surface area contributed by atoms with Crippen LogP contribution in [0.2, 0.25) is 0 Å². The van der Waals surface area contributed by atoms with Crippen molar-refractivity contribution >= 4 is 23.8 Å². The van der Waals surface area contributed by atoms with Gasteiger partial charge in [-0.2, -0.15) is 0 Å². The maximum absolute atomic E-state index is 12.6. The molecule has 3 rings (SSSR count). The molecule has 2 unspecified atom stereocenters. The summed E-state index contributed by atoms with van der Waals surface area (Å²) in [4.78, 5) is 51.6. The van der Waals surface area contributed by atoms with Crippen molar-refractivity contribution < 1.29 is 19.2 Å². The molecule has 3 aliphatic heterocycles. The molecule has 3 N–H and O–H groups in total. The van der Waals surface area contributed by atoms with E-state index in [1.807, 2.05) is 0 Å². The quantitative estimate of drug-likeness (QED) is 0.554. The average molecular weight is 379 g/mol. The molecule has 0 aromatic rings. The van der Waals surface area contributed by atoms with Gasteiger partial charge in [0.25, 0.3) is 5.91 Å². The molecule has 9 nitrogen and oxygen atoms in total. The molecule has 0 aliphatic carbocycles. The van der Waals surface area contributed by atoms with E-state index >= 15 is 0 Å². The minimum absolute atomic E-state index is 0.0255. The number of hydrogen-bond acceptors (Lipinski definition) is 5. The van der Waals surface area contributed by atoms with Crippen LogP contribution < -0.4 is 16.0 Å². The van der Waals surface area contributed by atoms with E-state index in [1.165, 1.54) is 0 Å². The fourth-order valence-electron chi connectivity index (χ4n) is 3.93. The third-order valence-corrected chi connectivity index (χ3v) is 5.55. The molecule has 0 bridgehead atoms. The van der Waals surface area contributed by atoms with Crippen molar-refractivity contribution in [3.8, 4) is 0 Å². The van der Waals surface area contributed by atoms with E-state index in [-0.39, 0.29) is 36.2 Å². The van der Waals surface area contributed by atoms with Crippen LogP contribution >= 0.6 is 0 Å². The highest BCUT2D eigenvalue weighted by Gasteiger charge is 2.45. The van der Waals surface area contributed by atoms with Crippen molar-refractivity contribution in [2.24, 2.45) is 5.92 Å². The molecule has 0 aromatic heterocycles. The van der Waals surface area contributed by atoms with Gasteiger partial charge in [0.2, 0.25) is 11.8 Å².